The van der Waals surface area contributed by atoms with Gasteiger partial charge in [-0.05, 0) is 48.9 Å². The number of benzene rings is 3. The van der Waals surface area contributed by atoms with Gasteiger partial charge in [0.25, 0.3) is 0 Å². The third kappa shape index (κ3) is 4.98. The van der Waals surface area contributed by atoms with Crippen LogP contribution in [0.15, 0.2) is 59.4 Å². The van der Waals surface area contributed by atoms with Crippen LogP contribution >= 0.6 is 23.2 Å². The van der Waals surface area contributed by atoms with E-state index in [0.717, 1.165) is 27.8 Å². The van der Waals surface area contributed by atoms with Crippen LogP contribution < -0.4 is 20.5 Å². The zero-order valence-electron chi connectivity index (χ0n) is 16.8. The number of imidazole rings is 1. The highest BCUT2D eigenvalue weighted by atomic mass is 35.5. The third-order valence-corrected chi connectivity index (χ3v) is 5.36. The Hall–Kier alpha value is -3.09. The van der Waals surface area contributed by atoms with Crippen molar-refractivity contribution < 1.29 is 9.47 Å². The summed E-state index contributed by atoms with van der Waals surface area (Å²) < 4.78 is 11.7. The number of aromatic nitrogens is 2. The van der Waals surface area contributed by atoms with Gasteiger partial charge in [-0.3, -0.25) is 0 Å². The first-order valence-electron chi connectivity index (χ1n) is 9.81. The van der Waals surface area contributed by atoms with Crippen molar-refractivity contribution in [1.82, 2.24) is 9.97 Å². The van der Waals surface area contributed by atoms with Gasteiger partial charge in [0.15, 0.2) is 11.5 Å². The summed E-state index contributed by atoms with van der Waals surface area (Å²) in [6.45, 7) is 3.19. The third-order valence-electron chi connectivity index (χ3n) is 4.71. The Labute approximate surface area is 189 Å². The maximum Gasteiger partial charge on any atom is 0.323 e. The van der Waals surface area contributed by atoms with E-state index in [1.165, 1.54) is 0 Å². The summed E-state index contributed by atoms with van der Waals surface area (Å²) in [6.07, 6.45) is 0. The molecule has 0 fully saturated rings. The van der Waals surface area contributed by atoms with E-state index in [-0.39, 0.29) is 12.3 Å². The molecule has 0 unspecified atom stereocenters. The van der Waals surface area contributed by atoms with Crippen LogP contribution in [0.4, 0.5) is 5.69 Å². The number of halogens is 2. The number of nitrogens with one attached hydrogen (secondary N) is 3. The Balaban J connectivity index is 1.51. The lowest BCUT2D eigenvalue weighted by Gasteiger charge is -2.16. The molecular weight excluding hydrogens is 437 g/mol. The monoisotopic (exact) mass is 457 g/mol. The minimum atomic E-state index is -0.229. The molecule has 0 saturated carbocycles. The van der Waals surface area contributed by atoms with Gasteiger partial charge in [-0.15, -0.1) is 0 Å². The molecule has 4 aromatic rings. The van der Waals surface area contributed by atoms with E-state index in [9.17, 15) is 4.79 Å². The van der Waals surface area contributed by atoms with E-state index >= 15 is 0 Å². The quantitative estimate of drug-likeness (QED) is 0.314. The lowest BCUT2D eigenvalue weighted by Crippen LogP contribution is -2.04. The summed E-state index contributed by atoms with van der Waals surface area (Å²) >= 11 is 12.7. The maximum absolute atomic E-state index is 11.4. The molecule has 0 amide bonds. The number of ether oxygens (including phenoxy) is 2. The van der Waals surface area contributed by atoms with Gasteiger partial charge in [0.1, 0.15) is 6.61 Å². The van der Waals surface area contributed by atoms with E-state index in [1.54, 1.807) is 0 Å². The molecule has 4 rings (SSSR count). The van der Waals surface area contributed by atoms with Crippen LogP contribution in [0, 0.1) is 0 Å². The molecule has 31 heavy (non-hydrogen) atoms. The molecule has 160 valence electrons. The number of aromatic amines is 2. The summed E-state index contributed by atoms with van der Waals surface area (Å²) in [6, 6.07) is 16.9. The molecule has 0 saturated heterocycles. The van der Waals surface area contributed by atoms with Crippen LogP contribution in [0.3, 0.4) is 0 Å². The van der Waals surface area contributed by atoms with E-state index in [4.69, 9.17) is 32.7 Å². The van der Waals surface area contributed by atoms with Crippen LogP contribution in [0.2, 0.25) is 10.0 Å². The van der Waals surface area contributed by atoms with Gasteiger partial charge in [-0.2, -0.15) is 0 Å². The zero-order chi connectivity index (χ0) is 21.8. The second-order valence-electron chi connectivity index (χ2n) is 6.91. The highest BCUT2D eigenvalue weighted by molar-refractivity contribution is 6.32. The smallest absolute Gasteiger partial charge is 0.323 e. The van der Waals surface area contributed by atoms with Crippen LogP contribution in [0.5, 0.6) is 11.5 Å². The van der Waals surface area contributed by atoms with Gasteiger partial charge in [-0.1, -0.05) is 41.4 Å². The van der Waals surface area contributed by atoms with Crippen molar-refractivity contribution in [3.63, 3.8) is 0 Å². The topological polar surface area (TPSA) is 79.1 Å². The highest BCUT2D eigenvalue weighted by Crippen LogP contribution is 2.38. The van der Waals surface area contributed by atoms with E-state index < -0.39 is 0 Å². The minimum Gasteiger partial charge on any atom is -0.490 e. The normalized spacial score (nSPS) is 10.9. The van der Waals surface area contributed by atoms with Crippen LogP contribution in [0.25, 0.3) is 11.0 Å². The fourth-order valence-corrected chi connectivity index (χ4v) is 3.72. The molecule has 6 nitrogen and oxygen atoms in total. The number of anilines is 1. The Bertz CT molecular complexity index is 1270. The summed E-state index contributed by atoms with van der Waals surface area (Å²) in [4.78, 5) is 16.9. The molecule has 1 aromatic heterocycles. The Morgan fingerprint density at radius 3 is 2.55 bits per heavy atom. The Kier molecular flexibility index (Phi) is 6.39. The van der Waals surface area contributed by atoms with Gasteiger partial charge in [0.05, 0.1) is 22.7 Å². The fraction of sp³-hybridized carbons (Fsp3) is 0.174. The molecule has 3 aromatic carbocycles. The van der Waals surface area contributed by atoms with Crippen molar-refractivity contribution in [2.24, 2.45) is 0 Å². The molecule has 8 heteroatoms. The molecular formula is C23H21Cl2N3O3. The lowest BCUT2D eigenvalue weighted by molar-refractivity contribution is 0.269. The molecule has 0 aliphatic heterocycles. The molecule has 0 atom stereocenters. The predicted molar refractivity (Wildman–Crippen MR) is 125 cm³/mol. The first-order chi connectivity index (χ1) is 15.0. The van der Waals surface area contributed by atoms with Gasteiger partial charge in [-0.25, -0.2) is 4.79 Å². The van der Waals surface area contributed by atoms with Crippen LogP contribution in [-0.4, -0.2) is 16.6 Å². The zero-order valence-corrected chi connectivity index (χ0v) is 18.3. The second-order valence-corrected chi connectivity index (χ2v) is 7.73. The summed E-state index contributed by atoms with van der Waals surface area (Å²) in [5.41, 5.74) is 3.94. The lowest BCUT2D eigenvalue weighted by atomic mass is 10.2. The van der Waals surface area contributed by atoms with Crippen LogP contribution in [-0.2, 0) is 13.2 Å². The minimum absolute atomic E-state index is 0.229. The number of hydrogen-bond donors (Lipinski definition) is 3. The number of H-pyrrole nitrogens is 2. The number of rotatable bonds is 8. The summed E-state index contributed by atoms with van der Waals surface area (Å²) in [7, 11) is 0. The molecule has 0 spiro atoms. The van der Waals surface area contributed by atoms with Gasteiger partial charge in [0.2, 0.25) is 0 Å². The largest absolute Gasteiger partial charge is 0.490 e. The molecule has 0 aliphatic carbocycles. The van der Waals surface area contributed by atoms with Crippen molar-refractivity contribution in [2.75, 3.05) is 11.9 Å². The molecule has 3 N–H and O–H groups in total. The highest BCUT2D eigenvalue weighted by Gasteiger charge is 2.14. The van der Waals surface area contributed by atoms with E-state index in [2.05, 4.69) is 15.3 Å². The van der Waals surface area contributed by atoms with Gasteiger partial charge in [0, 0.05) is 22.8 Å². The first-order valence-corrected chi connectivity index (χ1v) is 10.6. The van der Waals surface area contributed by atoms with Crippen LogP contribution in [0.1, 0.15) is 18.1 Å². The van der Waals surface area contributed by atoms with E-state index in [0.29, 0.717) is 34.7 Å². The van der Waals surface area contributed by atoms with Crippen molar-refractivity contribution >= 4 is 39.9 Å². The molecule has 1 heterocycles. The maximum atomic E-state index is 11.4. The number of fused-ring (bicyclic) bond motifs is 1. The van der Waals surface area contributed by atoms with Gasteiger partial charge >= 0.3 is 5.69 Å². The Morgan fingerprint density at radius 1 is 0.935 bits per heavy atom. The van der Waals surface area contributed by atoms with Crippen molar-refractivity contribution in [3.8, 4) is 11.5 Å². The van der Waals surface area contributed by atoms with Crippen molar-refractivity contribution in [3.05, 3.63) is 86.3 Å². The van der Waals surface area contributed by atoms with Crippen molar-refractivity contribution in [2.45, 2.75) is 20.1 Å². The average Bonchev–Trinajstić information content (AvgIpc) is 3.12. The summed E-state index contributed by atoms with van der Waals surface area (Å²) in [5.74, 6) is 1.06. The van der Waals surface area contributed by atoms with E-state index in [1.807, 2.05) is 61.5 Å². The van der Waals surface area contributed by atoms with Gasteiger partial charge < -0.3 is 24.8 Å². The standard InChI is InChI=1S/C23H21Cl2N3O3/c1-2-30-21-10-14(12-26-16-7-8-19-20(11-16)28-23(29)27-19)9-18(25)22(21)31-13-15-5-3-4-6-17(15)24/h3-11,26H,2,12-13H2,1H3,(H2,27,28,29). The molecule has 0 aliphatic rings. The molecule has 0 radical (unpaired) electrons. The first kappa shape index (κ1) is 21.2. The van der Waals surface area contributed by atoms with Crippen molar-refractivity contribution in [1.29, 1.82) is 0 Å². The Morgan fingerprint density at radius 2 is 1.74 bits per heavy atom. The molecule has 0 bridgehead atoms. The second kappa shape index (κ2) is 9.37. The summed E-state index contributed by atoms with van der Waals surface area (Å²) in [5, 5.41) is 4.43. The predicted octanol–water partition coefficient (Wildman–Crippen LogP) is 5.75. The SMILES string of the molecule is CCOc1cc(CNc2ccc3[nH]c(=O)[nH]c3c2)cc(Cl)c1OCc1ccccc1Cl. The number of hydrogen-bond acceptors (Lipinski definition) is 4. The fourth-order valence-electron chi connectivity index (χ4n) is 3.24. The average molecular weight is 458 g/mol.